The summed E-state index contributed by atoms with van der Waals surface area (Å²) in [5.41, 5.74) is -2.89. The number of hydrogen-bond acceptors (Lipinski definition) is 7. The molecule has 1 amide bonds. The summed E-state index contributed by atoms with van der Waals surface area (Å²) in [6, 6.07) is 3.01. The van der Waals surface area contributed by atoms with Crippen molar-refractivity contribution < 1.29 is 23.1 Å². The zero-order valence-corrected chi connectivity index (χ0v) is 18.7. The van der Waals surface area contributed by atoms with Crippen LogP contribution in [0.4, 0.5) is 30.5 Å². The second-order valence-electron chi connectivity index (χ2n) is 8.72. The van der Waals surface area contributed by atoms with Gasteiger partial charge in [-0.3, -0.25) is 4.79 Å². The van der Waals surface area contributed by atoms with Crippen LogP contribution >= 0.6 is 0 Å². The number of fused-ring (bicyclic) bond motifs is 1. The van der Waals surface area contributed by atoms with E-state index in [1.807, 2.05) is 0 Å². The number of nitrogens with one attached hydrogen (secondary N) is 3. The Morgan fingerprint density at radius 3 is 2.64 bits per heavy atom. The minimum absolute atomic E-state index is 0.0149. The monoisotopic (exact) mass is 465 g/mol. The van der Waals surface area contributed by atoms with E-state index in [1.54, 1.807) is 6.07 Å². The van der Waals surface area contributed by atoms with Gasteiger partial charge in [0, 0.05) is 25.0 Å². The Kier molecular flexibility index (Phi) is 6.77. The van der Waals surface area contributed by atoms with Crippen LogP contribution in [0.3, 0.4) is 0 Å². The van der Waals surface area contributed by atoms with Crippen LogP contribution in [0, 0.1) is 5.82 Å². The van der Waals surface area contributed by atoms with Crippen molar-refractivity contribution in [3.63, 3.8) is 0 Å². The highest BCUT2D eigenvalue weighted by atomic mass is 19.1. The first-order chi connectivity index (χ1) is 15.3. The average Bonchev–Trinajstić information content (AvgIpc) is 3.09. The highest BCUT2D eigenvalue weighted by Gasteiger charge is 2.27. The largest absolute Gasteiger partial charge is 0.387 e. The minimum Gasteiger partial charge on any atom is -0.387 e. The summed E-state index contributed by atoms with van der Waals surface area (Å²) in [6.45, 7) is 4.80. The molecule has 9 nitrogen and oxygen atoms in total. The van der Waals surface area contributed by atoms with Crippen LogP contribution in [-0.2, 0) is 0 Å². The Morgan fingerprint density at radius 2 is 1.97 bits per heavy atom. The summed E-state index contributed by atoms with van der Waals surface area (Å²) >= 11 is 0. The summed E-state index contributed by atoms with van der Waals surface area (Å²) in [4.78, 5) is 20.9. The van der Waals surface area contributed by atoms with E-state index in [9.17, 15) is 23.1 Å². The van der Waals surface area contributed by atoms with Crippen molar-refractivity contribution in [2.45, 2.75) is 45.1 Å². The number of hydrogen-bond donors (Lipinski definition) is 4. The number of rotatable bonds is 9. The minimum atomic E-state index is -1.69. The molecule has 3 aromatic rings. The zero-order valence-electron chi connectivity index (χ0n) is 18.7. The molecule has 0 spiro atoms. The molecule has 3 aromatic heterocycles. The lowest BCUT2D eigenvalue weighted by molar-refractivity contribution is -0.00177. The molecule has 0 aliphatic rings. The van der Waals surface area contributed by atoms with Crippen molar-refractivity contribution in [2.24, 2.45) is 0 Å². The normalized spacial score (nSPS) is 13.1. The molecule has 0 aliphatic carbocycles. The molecular weight excluding hydrogens is 439 g/mol. The molecular formula is C21H26F3N7O2. The number of carbonyl (C=O) groups excluding carboxylic acids is 1. The van der Waals surface area contributed by atoms with E-state index in [1.165, 1.54) is 50.7 Å². The number of halogens is 3. The van der Waals surface area contributed by atoms with Gasteiger partial charge in [0.05, 0.1) is 29.6 Å². The molecule has 178 valence electrons. The fourth-order valence-corrected chi connectivity index (χ4v) is 2.73. The van der Waals surface area contributed by atoms with Crippen molar-refractivity contribution in [1.82, 2.24) is 24.9 Å². The van der Waals surface area contributed by atoms with Crippen LogP contribution in [0.5, 0.6) is 0 Å². The third-order valence-electron chi connectivity index (χ3n) is 4.64. The topological polar surface area (TPSA) is 116 Å². The SMILES string of the molecule is CC(C)(F)CNc1cc(Nc2ccn3ncc(F)c3n2)ncc1C(=O)NCC(F)C(C)(C)O. The predicted molar refractivity (Wildman–Crippen MR) is 118 cm³/mol. The van der Waals surface area contributed by atoms with E-state index in [0.717, 1.165) is 6.20 Å². The number of carbonyl (C=O) groups is 1. The molecule has 1 unspecified atom stereocenters. The van der Waals surface area contributed by atoms with Gasteiger partial charge in [0.1, 0.15) is 23.5 Å². The third-order valence-corrected chi connectivity index (χ3v) is 4.64. The Hall–Kier alpha value is -3.41. The van der Waals surface area contributed by atoms with Gasteiger partial charge in [-0.1, -0.05) is 0 Å². The van der Waals surface area contributed by atoms with Crippen molar-refractivity contribution in [3.8, 4) is 0 Å². The maximum atomic E-state index is 14.1. The van der Waals surface area contributed by atoms with Gasteiger partial charge >= 0.3 is 0 Å². The molecule has 33 heavy (non-hydrogen) atoms. The van der Waals surface area contributed by atoms with Crippen LogP contribution in [0.1, 0.15) is 38.1 Å². The second-order valence-corrected chi connectivity index (χ2v) is 8.72. The molecule has 0 aliphatic heterocycles. The lowest BCUT2D eigenvalue weighted by Crippen LogP contribution is -2.42. The first kappa shape index (κ1) is 24.2. The number of amides is 1. The molecule has 12 heteroatoms. The fraction of sp³-hybridized carbons (Fsp3) is 0.429. The summed E-state index contributed by atoms with van der Waals surface area (Å²) in [5, 5.41) is 21.7. The quantitative estimate of drug-likeness (QED) is 0.384. The molecule has 4 N–H and O–H groups in total. The van der Waals surface area contributed by atoms with Crippen LogP contribution in [0.2, 0.25) is 0 Å². The molecule has 0 fully saturated rings. The average molecular weight is 465 g/mol. The summed E-state index contributed by atoms with van der Waals surface area (Å²) < 4.78 is 43.1. The van der Waals surface area contributed by atoms with Crippen molar-refractivity contribution in [1.29, 1.82) is 0 Å². The highest BCUT2D eigenvalue weighted by molar-refractivity contribution is 5.99. The van der Waals surface area contributed by atoms with Gasteiger partial charge in [-0.25, -0.2) is 27.7 Å². The molecule has 0 saturated heterocycles. The van der Waals surface area contributed by atoms with E-state index in [4.69, 9.17) is 0 Å². The van der Waals surface area contributed by atoms with Crippen molar-refractivity contribution in [3.05, 3.63) is 42.1 Å². The summed E-state index contributed by atoms with van der Waals surface area (Å²) in [5.74, 6) is -0.722. The molecule has 0 bridgehead atoms. The molecule has 0 radical (unpaired) electrons. The Bertz CT molecular complexity index is 1140. The number of pyridine rings is 1. The highest BCUT2D eigenvalue weighted by Crippen LogP contribution is 2.23. The molecule has 3 heterocycles. The summed E-state index contributed by atoms with van der Waals surface area (Å²) in [7, 11) is 0. The lowest BCUT2D eigenvalue weighted by Gasteiger charge is -2.23. The van der Waals surface area contributed by atoms with E-state index >= 15 is 0 Å². The first-order valence-corrected chi connectivity index (χ1v) is 10.2. The van der Waals surface area contributed by atoms with Crippen LogP contribution in [-0.4, -0.2) is 61.1 Å². The number of nitrogens with zero attached hydrogens (tertiary/aromatic N) is 4. The number of anilines is 3. The van der Waals surface area contributed by atoms with Gasteiger partial charge in [0.25, 0.3) is 5.91 Å². The molecule has 0 saturated carbocycles. The third kappa shape index (κ3) is 6.31. The zero-order chi connectivity index (χ0) is 24.4. The number of aromatic nitrogens is 4. The van der Waals surface area contributed by atoms with Crippen molar-refractivity contribution in [2.75, 3.05) is 23.7 Å². The van der Waals surface area contributed by atoms with E-state index < -0.39 is 35.7 Å². The van der Waals surface area contributed by atoms with Gasteiger partial charge in [0.15, 0.2) is 11.5 Å². The number of aliphatic hydroxyl groups is 1. The van der Waals surface area contributed by atoms with Crippen LogP contribution in [0.15, 0.2) is 30.7 Å². The van der Waals surface area contributed by atoms with Crippen molar-refractivity contribution >= 4 is 28.9 Å². The maximum absolute atomic E-state index is 14.1. The van der Waals surface area contributed by atoms with Gasteiger partial charge in [-0.2, -0.15) is 5.10 Å². The Balaban J connectivity index is 1.83. The smallest absolute Gasteiger partial charge is 0.255 e. The summed E-state index contributed by atoms with van der Waals surface area (Å²) in [6.07, 6.45) is 2.09. The number of alkyl halides is 2. The van der Waals surface area contributed by atoms with Gasteiger partial charge in [-0.05, 0) is 33.8 Å². The predicted octanol–water partition coefficient (Wildman–Crippen LogP) is 3.01. The second kappa shape index (κ2) is 9.22. The van der Waals surface area contributed by atoms with E-state index in [2.05, 4.69) is 31.0 Å². The maximum Gasteiger partial charge on any atom is 0.255 e. The standard InChI is InChI=1S/C21H26F3N7O2/c1-20(2,24)11-27-14-7-17(29-16-5-6-31-18(30-16)13(22)9-28-31)25-8-12(14)19(32)26-10-15(23)21(3,4)33/h5-9,15,33H,10-11H2,1-4H3,(H,26,32)(H2,25,27,29,30). The Labute approximate surface area is 188 Å². The molecule has 0 aromatic carbocycles. The fourth-order valence-electron chi connectivity index (χ4n) is 2.73. The van der Waals surface area contributed by atoms with E-state index in [0.29, 0.717) is 0 Å². The van der Waals surface area contributed by atoms with Gasteiger partial charge < -0.3 is 21.1 Å². The molecule has 1 atom stereocenters. The Morgan fingerprint density at radius 1 is 1.24 bits per heavy atom. The van der Waals surface area contributed by atoms with Gasteiger partial charge in [0.2, 0.25) is 0 Å². The molecule has 3 rings (SSSR count). The van der Waals surface area contributed by atoms with Gasteiger partial charge in [-0.15, -0.1) is 0 Å². The van der Waals surface area contributed by atoms with Crippen LogP contribution in [0.25, 0.3) is 5.65 Å². The lowest BCUT2D eigenvalue weighted by atomic mass is 10.0. The van der Waals surface area contributed by atoms with Crippen LogP contribution < -0.4 is 16.0 Å². The first-order valence-electron chi connectivity index (χ1n) is 10.2. The van der Waals surface area contributed by atoms with E-state index in [-0.39, 0.29) is 35.1 Å².